The Morgan fingerprint density at radius 1 is 1.14 bits per heavy atom. The molecule has 0 aliphatic carbocycles. The highest BCUT2D eigenvalue weighted by atomic mass is 16.6. The molecule has 0 saturated heterocycles. The van der Waals surface area contributed by atoms with Crippen LogP contribution in [-0.2, 0) is 6.54 Å². The lowest BCUT2D eigenvalue weighted by molar-refractivity contribution is -0.384. The number of nitro benzene ring substituents is 1. The lowest BCUT2D eigenvalue weighted by Crippen LogP contribution is -2.18. The van der Waals surface area contributed by atoms with E-state index in [1.807, 2.05) is 34.8 Å². The van der Waals surface area contributed by atoms with Crippen molar-refractivity contribution in [3.63, 3.8) is 0 Å². The highest BCUT2D eigenvalue weighted by molar-refractivity contribution is 6.03. The van der Waals surface area contributed by atoms with Gasteiger partial charge in [-0.2, -0.15) is 10.2 Å². The van der Waals surface area contributed by atoms with E-state index in [0.29, 0.717) is 0 Å². The molecule has 7 heteroatoms. The van der Waals surface area contributed by atoms with Crippen molar-refractivity contribution in [3.8, 4) is 0 Å². The molecule has 4 rings (SSSR count). The summed E-state index contributed by atoms with van der Waals surface area (Å²) in [6, 6.07) is 16.6. The van der Waals surface area contributed by atoms with Crippen molar-refractivity contribution in [2.24, 2.45) is 5.10 Å². The van der Waals surface area contributed by atoms with E-state index in [4.69, 9.17) is 5.10 Å². The van der Waals surface area contributed by atoms with Crippen LogP contribution in [-0.4, -0.2) is 20.4 Å². The van der Waals surface area contributed by atoms with Crippen LogP contribution in [0.2, 0.25) is 0 Å². The molecule has 1 atom stereocenters. The fourth-order valence-electron chi connectivity index (χ4n) is 3.55. The summed E-state index contributed by atoms with van der Waals surface area (Å²) in [6.07, 6.45) is 2.82. The van der Waals surface area contributed by atoms with Crippen LogP contribution in [0, 0.1) is 17.0 Å². The van der Waals surface area contributed by atoms with Crippen molar-refractivity contribution in [3.05, 3.63) is 87.7 Å². The Labute approximate surface area is 163 Å². The molecule has 0 radical (unpaired) electrons. The molecule has 2 heterocycles. The number of hydrogen-bond acceptors (Lipinski definition) is 5. The molecule has 0 amide bonds. The number of nitrogens with zero attached hydrogens (tertiary/aromatic N) is 5. The molecule has 1 aliphatic heterocycles. The Morgan fingerprint density at radius 3 is 2.46 bits per heavy atom. The molecule has 1 aliphatic rings. The molecule has 0 spiro atoms. The lowest BCUT2D eigenvalue weighted by Gasteiger charge is -2.23. The molecule has 0 fully saturated rings. The van der Waals surface area contributed by atoms with Crippen molar-refractivity contribution in [1.82, 2.24) is 9.78 Å². The maximum atomic E-state index is 11.0. The van der Waals surface area contributed by atoms with Crippen molar-refractivity contribution >= 4 is 17.1 Å². The molecule has 2 aromatic carbocycles. The maximum absolute atomic E-state index is 11.0. The second kappa shape index (κ2) is 7.26. The van der Waals surface area contributed by atoms with Gasteiger partial charge in [-0.3, -0.25) is 19.8 Å². The number of hydrogen-bond donors (Lipinski definition) is 0. The molecule has 28 heavy (non-hydrogen) atoms. The van der Waals surface area contributed by atoms with Crippen LogP contribution >= 0.6 is 0 Å². The second-order valence-corrected chi connectivity index (χ2v) is 6.78. The number of benzene rings is 2. The molecule has 1 aromatic heterocycles. The molecule has 0 N–H and O–H groups in total. The zero-order valence-electron chi connectivity index (χ0n) is 15.8. The third kappa shape index (κ3) is 3.26. The van der Waals surface area contributed by atoms with E-state index in [-0.39, 0.29) is 16.7 Å². The van der Waals surface area contributed by atoms with Crippen LogP contribution in [0.4, 0.5) is 11.4 Å². The van der Waals surface area contributed by atoms with Gasteiger partial charge >= 0.3 is 0 Å². The summed E-state index contributed by atoms with van der Waals surface area (Å²) in [5.41, 5.74) is 5.06. The zero-order chi connectivity index (χ0) is 19.7. The van der Waals surface area contributed by atoms with Gasteiger partial charge in [-0.25, -0.2) is 0 Å². The number of rotatable bonds is 5. The maximum Gasteiger partial charge on any atom is 0.269 e. The van der Waals surface area contributed by atoms with Crippen LogP contribution in [0.3, 0.4) is 0 Å². The van der Waals surface area contributed by atoms with Gasteiger partial charge in [-0.1, -0.05) is 30.3 Å². The predicted molar refractivity (Wildman–Crippen MR) is 109 cm³/mol. The quantitative estimate of drug-likeness (QED) is 0.487. The average Bonchev–Trinajstić information content (AvgIpc) is 3.32. The Kier molecular flexibility index (Phi) is 4.65. The number of aryl methyl sites for hydroxylation is 2. The van der Waals surface area contributed by atoms with Gasteiger partial charge in [-0.05, 0) is 31.5 Å². The Morgan fingerprint density at radius 2 is 1.86 bits per heavy atom. The standard InChI is InChI=1S/C21H21N5O2/c1-3-24-14-19(15(2)22-24)21-13-20(16-7-5-4-6-8-16)23-25(21)17-9-11-18(12-10-17)26(27)28/h4-12,14,21H,3,13H2,1-2H3. The van der Waals surface area contributed by atoms with Gasteiger partial charge in [0.15, 0.2) is 0 Å². The smallest absolute Gasteiger partial charge is 0.269 e. The van der Waals surface area contributed by atoms with Gasteiger partial charge in [0.1, 0.15) is 0 Å². The van der Waals surface area contributed by atoms with E-state index in [1.165, 1.54) is 12.1 Å². The topological polar surface area (TPSA) is 76.6 Å². The number of anilines is 1. The van der Waals surface area contributed by atoms with Gasteiger partial charge in [0, 0.05) is 36.9 Å². The van der Waals surface area contributed by atoms with Crippen LogP contribution in [0.15, 0.2) is 65.9 Å². The van der Waals surface area contributed by atoms with Crippen LogP contribution in [0.1, 0.15) is 36.2 Å². The van der Waals surface area contributed by atoms with Gasteiger partial charge in [0.2, 0.25) is 0 Å². The monoisotopic (exact) mass is 375 g/mol. The van der Waals surface area contributed by atoms with Crippen molar-refractivity contribution < 1.29 is 4.92 Å². The molecule has 7 nitrogen and oxygen atoms in total. The number of non-ortho nitro benzene ring substituents is 1. The van der Waals surface area contributed by atoms with E-state index in [2.05, 4.69) is 30.4 Å². The summed E-state index contributed by atoms with van der Waals surface area (Å²) in [6.45, 7) is 4.87. The van der Waals surface area contributed by atoms with Crippen LogP contribution in [0.25, 0.3) is 0 Å². The van der Waals surface area contributed by atoms with Crippen LogP contribution < -0.4 is 5.01 Å². The molecular weight excluding hydrogens is 354 g/mol. The highest BCUT2D eigenvalue weighted by Crippen LogP contribution is 2.38. The fraction of sp³-hybridized carbons (Fsp3) is 0.238. The predicted octanol–water partition coefficient (Wildman–Crippen LogP) is 4.48. The Balaban J connectivity index is 1.75. The lowest BCUT2D eigenvalue weighted by atomic mass is 9.99. The highest BCUT2D eigenvalue weighted by Gasteiger charge is 2.32. The van der Waals surface area contributed by atoms with E-state index < -0.39 is 0 Å². The number of aromatic nitrogens is 2. The zero-order valence-corrected chi connectivity index (χ0v) is 15.8. The third-order valence-corrected chi connectivity index (χ3v) is 5.01. The van der Waals surface area contributed by atoms with Gasteiger partial charge < -0.3 is 0 Å². The van der Waals surface area contributed by atoms with Crippen molar-refractivity contribution in [2.45, 2.75) is 32.9 Å². The molecule has 3 aromatic rings. The first-order valence-electron chi connectivity index (χ1n) is 9.27. The van der Waals surface area contributed by atoms with E-state index in [9.17, 15) is 10.1 Å². The summed E-state index contributed by atoms with van der Waals surface area (Å²) in [7, 11) is 0. The van der Waals surface area contributed by atoms with Crippen LogP contribution in [0.5, 0.6) is 0 Å². The number of hydrazone groups is 1. The minimum absolute atomic E-state index is 0.00281. The first-order valence-corrected chi connectivity index (χ1v) is 9.27. The fourth-order valence-corrected chi connectivity index (χ4v) is 3.55. The first-order chi connectivity index (χ1) is 13.6. The summed E-state index contributed by atoms with van der Waals surface area (Å²) in [5.74, 6) is 0. The molecule has 142 valence electrons. The van der Waals surface area contributed by atoms with E-state index in [0.717, 1.165) is 41.2 Å². The summed E-state index contributed by atoms with van der Waals surface area (Å²) in [5, 5.41) is 22.4. The number of nitro groups is 1. The Hall–Kier alpha value is -3.48. The Bertz CT molecular complexity index is 1020. The van der Waals surface area contributed by atoms with E-state index in [1.54, 1.807) is 12.1 Å². The normalized spacial score (nSPS) is 16.3. The van der Waals surface area contributed by atoms with Gasteiger partial charge in [0.25, 0.3) is 5.69 Å². The summed E-state index contributed by atoms with van der Waals surface area (Å²) in [4.78, 5) is 10.6. The van der Waals surface area contributed by atoms with Gasteiger partial charge in [-0.15, -0.1) is 0 Å². The van der Waals surface area contributed by atoms with Crippen molar-refractivity contribution in [2.75, 3.05) is 5.01 Å². The molecule has 1 unspecified atom stereocenters. The minimum atomic E-state index is -0.390. The average molecular weight is 375 g/mol. The SMILES string of the molecule is CCn1cc(C2CC(c3ccccc3)=NN2c2ccc([N+](=O)[O-])cc2)c(C)n1. The molecule has 0 bridgehead atoms. The van der Waals surface area contributed by atoms with Crippen molar-refractivity contribution in [1.29, 1.82) is 0 Å². The van der Waals surface area contributed by atoms with E-state index >= 15 is 0 Å². The third-order valence-electron chi connectivity index (χ3n) is 5.01. The minimum Gasteiger partial charge on any atom is -0.272 e. The molecule has 0 saturated carbocycles. The summed E-state index contributed by atoms with van der Waals surface area (Å²) >= 11 is 0. The second-order valence-electron chi connectivity index (χ2n) is 6.78. The summed E-state index contributed by atoms with van der Waals surface area (Å²) < 4.78 is 1.93. The molecular formula is C21H21N5O2. The largest absolute Gasteiger partial charge is 0.272 e. The van der Waals surface area contributed by atoms with Gasteiger partial charge in [0.05, 0.1) is 28.1 Å². The first kappa shape index (κ1) is 17.9.